The number of halogens is 1. The minimum Gasteiger partial charge on any atom is -0.497 e. The lowest BCUT2D eigenvalue weighted by Crippen LogP contribution is -2.01. The summed E-state index contributed by atoms with van der Waals surface area (Å²) in [6.07, 6.45) is 3.77. The van der Waals surface area contributed by atoms with Gasteiger partial charge in [-0.15, -0.1) is 0 Å². The summed E-state index contributed by atoms with van der Waals surface area (Å²) in [6.45, 7) is 2.12. The van der Waals surface area contributed by atoms with E-state index in [9.17, 15) is 0 Å². The van der Waals surface area contributed by atoms with Gasteiger partial charge in [0.25, 0.3) is 0 Å². The standard InChI is InChI=1S/C19H17BrN2OS/c1-14(24-18-10-8-17(23-2)9-11-18)19(15-6-4-3-5-7-15)22-13-16(20)12-21-22/h3-13H,1-2H3/b19-14+. The number of allylic oxidation sites excluding steroid dienone is 1. The molecule has 0 saturated heterocycles. The molecule has 24 heavy (non-hydrogen) atoms. The minimum atomic E-state index is 0.861. The van der Waals surface area contributed by atoms with Crippen LogP contribution in [-0.4, -0.2) is 16.9 Å². The third kappa shape index (κ3) is 3.91. The van der Waals surface area contributed by atoms with Gasteiger partial charge in [0.15, 0.2) is 0 Å². The normalized spacial score (nSPS) is 12.0. The van der Waals surface area contributed by atoms with E-state index in [-0.39, 0.29) is 0 Å². The Morgan fingerprint density at radius 2 is 1.79 bits per heavy atom. The molecule has 0 radical (unpaired) electrons. The summed E-state index contributed by atoms with van der Waals surface area (Å²) in [7, 11) is 1.68. The second-order valence-electron chi connectivity index (χ2n) is 5.15. The monoisotopic (exact) mass is 400 g/mol. The van der Waals surface area contributed by atoms with Crippen LogP contribution < -0.4 is 4.74 Å². The van der Waals surface area contributed by atoms with Crippen molar-refractivity contribution in [2.75, 3.05) is 7.11 Å². The van der Waals surface area contributed by atoms with Gasteiger partial charge < -0.3 is 4.74 Å². The molecule has 1 aromatic heterocycles. The van der Waals surface area contributed by atoms with E-state index in [1.807, 2.05) is 41.2 Å². The summed E-state index contributed by atoms with van der Waals surface area (Å²) in [6, 6.07) is 18.4. The molecule has 0 saturated carbocycles. The van der Waals surface area contributed by atoms with Crippen molar-refractivity contribution >= 4 is 33.4 Å². The maximum atomic E-state index is 5.22. The molecule has 122 valence electrons. The van der Waals surface area contributed by atoms with E-state index in [2.05, 4.69) is 52.2 Å². The summed E-state index contributed by atoms with van der Waals surface area (Å²) in [4.78, 5) is 2.33. The Balaban J connectivity index is 2.00. The Kier molecular flexibility index (Phi) is 5.43. The fraction of sp³-hybridized carbons (Fsp3) is 0.105. The van der Waals surface area contributed by atoms with Crippen LogP contribution in [0.15, 0.2) is 81.3 Å². The topological polar surface area (TPSA) is 27.1 Å². The molecule has 0 fully saturated rings. The molecule has 0 aliphatic carbocycles. The number of nitrogens with zero attached hydrogens (tertiary/aromatic N) is 2. The Labute approximate surface area is 154 Å². The van der Waals surface area contributed by atoms with E-state index in [1.165, 1.54) is 4.91 Å². The number of ether oxygens (including phenoxy) is 1. The van der Waals surface area contributed by atoms with Crippen LogP contribution in [0.1, 0.15) is 12.5 Å². The Morgan fingerprint density at radius 1 is 1.08 bits per heavy atom. The fourth-order valence-corrected chi connectivity index (χ4v) is 3.60. The third-order valence-corrected chi connectivity index (χ3v) is 4.91. The Bertz CT molecular complexity index is 841. The summed E-state index contributed by atoms with van der Waals surface area (Å²) < 4.78 is 8.09. The van der Waals surface area contributed by atoms with Gasteiger partial charge in [-0.25, -0.2) is 4.68 Å². The number of hydrogen-bond acceptors (Lipinski definition) is 3. The van der Waals surface area contributed by atoms with Crippen LogP contribution in [0.2, 0.25) is 0 Å². The largest absolute Gasteiger partial charge is 0.497 e. The highest BCUT2D eigenvalue weighted by Gasteiger charge is 2.11. The predicted molar refractivity (Wildman–Crippen MR) is 103 cm³/mol. The fourth-order valence-electron chi connectivity index (χ4n) is 2.38. The zero-order valence-corrected chi connectivity index (χ0v) is 15.8. The second kappa shape index (κ2) is 7.73. The quantitative estimate of drug-likeness (QED) is 0.515. The lowest BCUT2D eigenvalue weighted by atomic mass is 10.1. The molecular weight excluding hydrogens is 384 g/mol. The van der Waals surface area contributed by atoms with Crippen LogP contribution in [0, 0.1) is 0 Å². The molecule has 0 bridgehead atoms. The van der Waals surface area contributed by atoms with E-state index in [4.69, 9.17) is 4.74 Å². The maximum Gasteiger partial charge on any atom is 0.118 e. The zero-order valence-electron chi connectivity index (χ0n) is 13.4. The van der Waals surface area contributed by atoms with Crippen molar-refractivity contribution in [2.24, 2.45) is 0 Å². The average Bonchev–Trinajstić information content (AvgIpc) is 3.02. The van der Waals surface area contributed by atoms with Crippen molar-refractivity contribution < 1.29 is 4.74 Å². The lowest BCUT2D eigenvalue weighted by Gasteiger charge is -2.13. The first-order chi connectivity index (χ1) is 11.7. The molecule has 0 aliphatic heterocycles. The van der Waals surface area contributed by atoms with Crippen LogP contribution in [0.25, 0.3) is 5.70 Å². The van der Waals surface area contributed by atoms with E-state index in [0.717, 1.165) is 26.4 Å². The molecule has 0 N–H and O–H groups in total. The molecule has 0 unspecified atom stereocenters. The summed E-state index contributed by atoms with van der Waals surface area (Å²) in [5.41, 5.74) is 2.20. The molecule has 0 spiro atoms. The first-order valence-electron chi connectivity index (χ1n) is 7.46. The van der Waals surface area contributed by atoms with Crippen molar-refractivity contribution in [3.8, 4) is 5.75 Å². The van der Waals surface area contributed by atoms with Gasteiger partial charge in [0.2, 0.25) is 0 Å². The molecule has 3 nitrogen and oxygen atoms in total. The van der Waals surface area contributed by atoms with Gasteiger partial charge in [-0.05, 0) is 47.1 Å². The van der Waals surface area contributed by atoms with E-state index >= 15 is 0 Å². The highest BCUT2D eigenvalue weighted by molar-refractivity contribution is 9.10. The van der Waals surface area contributed by atoms with Crippen molar-refractivity contribution in [1.82, 2.24) is 9.78 Å². The molecule has 2 aromatic carbocycles. The van der Waals surface area contributed by atoms with Crippen LogP contribution in [0.3, 0.4) is 0 Å². The third-order valence-electron chi connectivity index (χ3n) is 3.49. The first-order valence-corrected chi connectivity index (χ1v) is 9.07. The average molecular weight is 401 g/mol. The minimum absolute atomic E-state index is 0.861. The number of hydrogen-bond donors (Lipinski definition) is 0. The molecule has 5 heteroatoms. The molecule has 0 atom stereocenters. The number of thioether (sulfide) groups is 1. The lowest BCUT2D eigenvalue weighted by molar-refractivity contribution is 0.414. The summed E-state index contributed by atoms with van der Waals surface area (Å²) in [5.74, 6) is 0.861. The molecular formula is C19H17BrN2OS. The Hall–Kier alpha value is -1.98. The Morgan fingerprint density at radius 3 is 2.38 bits per heavy atom. The van der Waals surface area contributed by atoms with Crippen molar-refractivity contribution in [2.45, 2.75) is 11.8 Å². The highest BCUT2D eigenvalue weighted by atomic mass is 79.9. The second-order valence-corrected chi connectivity index (χ2v) is 7.36. The van der Waals surface area contributed by atoms with Gasteiger partial charge in [0, 0.05) is 21.6 Å². The van der Waals surface area contributed by atoms with Gasteiger partial charge in [-0.3, -0.25) is 0 Å². The van der Waals surface area contributed by atoms with Crippen molar-refractivity contribution in [3.63, 3.8) is 0 Å². The first kappa shape index (κ1) is 16.9. The summed E-state index contributed by atoms with van der Waals surface area (Å²) in [5, 5.41) is 4.46. The van der Waals surface area contributed by atoms with E-state index in [1.54, 1.807) is 25.1 Å². The number of rotatable bonds is 5. The van der Waals surface area contributed by atoms with Gasteiger partial charge in [0.05, 0.1) is 23.5 Å². The number of benzene rings is 2. The molecule has 0 aliphatic rings. The van der Waals surface area contributed by atoms with Crippen LogP contribution in [0.5, 0.6) is 5.75 Å². The number of aromatic nitrogens is 2. The zero-order chi connectivity index (χ0) is 16.9. The van der Waals surface area contributed by atoms with E-state index < -0.39 is 0 Å². The van der Waals surface area contributed by atoms with Gasteiger partial charge in [0.1, 0.15) is 5.75 Å². The maximum absolute atomic E-state index is 5.22. The van der Waals surface area contributed by atoms with Crippen LogP contribution in [0.4, 0.5) is 0 Å². The number of methoxy groups -OCH3 is 1. The highest BCUT2D eigenvalue weighted by Crippen LogP contribution is 2.34. The summed E-state index contributed by atoms with van der Waals surface area (Å²) >= 11 is 5.20. The molecule has 1 heterocycles. The van der Waals surface area contributed by atoms with Gasteiger partial charge >= 0.3 is 0 Å². The van der Waals surface area contributed by atoms with E-state index in [0.29, 0.717) is 0 Å². The van der Waals surface area contributed by atoms with Gasteiger partial charge in [-0.1, -0.05) is 42.1 Å². The molecule has 3 aromatic rings. The van der Waals surface area contributed by atoms with Crippen LogP contribution in [-0.2, 0) is 0 Å². The predicted octanol–water partition coefficient (Wildman–Crippen LogP) is 5.68. The SMILES string of the molecule is COc1ccc(S/C(C)=C(\c2ccccc2)n2cc(Br)cn2)cc1. The van der Waals surface area contributed by atoms with Gasteiger partial charge in [-0.2, -0.15) is 5.10 Å². The van der Waals surface area contributed by atoms with Crippen LogP contribution >= 0.6 is 27.7 Å². The van der Waals surface area contributed by atoms with Crippen molar-refractivity contribution in [1.29, 1.82) is 0 Å². The smallest absolute Gasteiger partial charge is 0.118 e. The molecule has 0 amide bonds. The van der Waals surface area contributed by atoms with Crippen molar-refractivity contribution in [3.05, 3.63) is 81.9 Å². The molecule has 3 rings (SSSR count).